The van der Waals surface area contributed by atoms with Gasteiger partial charge in [-0.1, -0.05) is 24.6 Å². The fourth-order valence-corrected chi connectivity index (χ4v) is 1.76. The molecule has 7 heteroatoms. The van der Waals surface area contributed by atoms with Crippen LogP contribution in [0.15, 0.2) is 24.5 Å². The number of benzene rings is 1. The van der Waals surface area contributed by atoms with E-state index in [9.17, 15) is 4.39 Å². The van der Waals surface area contributed by atoms with Crippen molar-refractivity contribution in [2.24, 2.45) is 5.84 Å². The number of hydrazine groups is 1. The normalized spacial score (nSPS) is 10.3. The standard InChI is InChI=1S/C12H12ClFN4O/c1-2-7-11(18-15)16-6-17-12(7)19-9-5-3-4-8(13)10(9)14/h3-6H,2,15H2,1H3,(H,16,17,18). The molecule has 1 aromatic heterocycles. The van der Waals surface area contributed by atoms with Gasteiger partial charge in [-0.3, -0.25) is 0 Å². The second-order valence-electron chi connectivity index (χ2n) is 3.66. The van der Waals surface area contributed by atoms with Crippen LogP contribution >= 0.6 is 11.6 Å². The van der Waals surface area contributed by atoms with Crippen molar-refractivity contribution in [3.05, 3.63) is 40.9 Å². The lowest BCUT2D eigenvalue weighted by atomic mass is 10.2. The topological polar surface area (TPSA) is 73.1 Å². The zero-order valence-corrected chi connectivity index (χ0v) is 10.9. The summed E-state index contributed by atoms with van der Waals surface area (Å²) in [5, 5.41) is -0.0122. The van der Waals surface area contributed by atoms with E-state index in [0.717, 1.165) is 0 Å². The average Bonchev–Trinajstić information content (AvgIpc) is 2.43. The Morgan fingerprint density at radius 3 is 2.89 bits per heavy atom. The zero-order chi connectivity index (χ0) is 13.8. The summed E-state index contributed by atoms with van der Waals surface area (Å²) in [5.74, 6) is 5.40. The predicted octanol–water partition coefficient (Wildman–Crippen LogP) is 2.91. The van der Waals surface area contributed by atoms with Crippen LogP contribution in [0.2, 0.25) is 5.02 Å². The molecule has 0 amide bonds. The second-order valence-corrected chi connectivity index (χ2v) is 4.07. The molecular formula is C12H12ClFN4O. The summed E-state index contributed by atoms with van der Waals surface area (Å²) in [4.78, 5) is 7.95. The lowest BCUT2D eigenvalue weighted by Gasteiger charge is -2.12. The number of halogens is 2. The average molecular weight is 283 g/mol. The van der Waals surface area contributed by atoms with E-state index in [1.54, 1.807) is 6.07 Å². The Morgan fingerprint density at radius 1 is 1.42 bits per heavy atom. The Hall–Kier alpha value is -1.92. The molecule has 0 fully saturated rings. The summed E-state index contributed by atoms with van der Waals surface area (Å²) < 4.78 is 19.2. The molecule has 0 spiro atoms. The number of hydrogen-bond acceptors (Lipinski definition) is 5. The highest BCUT2D eigenvalue weighted by Gasteiger charge is 2.14. The van der Waals surface area contributed by atoms with Gasteiger partial charge in [0.1, 0.15) is 12.1 Å². The van der Waals surface area contributed by atoms with Crippen molar-refractivity contribution in [3.63, 3.8) is 0 Å². The van der Waals surface area contributed by atoms with Crippen molar-refractivity contribution in [2.45, 2.75) is 13.3 Å². The molecular weight excluding hydrogens is 271 g/mol. The van der Waals surface area contributed by atoms with Crippen LogP contribution in [0.3, 0.4) is 0 Å². The van der Waals surface area contributed by atoms with Crippen LogP contribution in [0.5, 0.6) is 11.6 Å². The number of nitrogens with zero attached hydrogens (tertiary/aromatic N) is 2. The van der Waals surface area contributed by atoms with Crippen molar-refractivity contribution < 1.29 is 9.13 Å². The van der Waals surface area contributed by atoms with Crippen molar-refractivity contribution in [1.29, 1.82) is 0 Å². The number of nitrogen functional groups attached to an aromatic ring is 1. The summed E-state index contributed by atoms with van der Waals surface area (Å²) in [7, 11) is 0. The highest BCUT2D eigenvalue weighted by atomic mass is 35.5. The van der Waals surface area contributed by atoms with E-state index in [0.29, 0.717) is 17.8 Å². The van der Waals surface area contributed by atoms with Crippen LogP contribution in [0, 0.1) is 5.82 Å². The smallest absolute Gasteiger partial charge is 0.227 e. The third-order valence-electron chi connectivity index (χ3n) is 2.52. The number of nitrogens with one attached hydrogen (secondary N) is 1. The first-order valence-electron chi connectivity index (χ1n) is 5.59. The molecule has 0 atom stereocenters. The molecule has 0 bridgehead atoms. The lowest BCUT2D eigenvalue weighted by molar-refractivity contribution is 0.422. The summed E-state index contributed by atoms with van der Waals surface area (Å²) in [6.45, 7) is 1.89. The Balaban J connectivity index is 2.41. The van der Waals surface area contributed by atoms with Gasteiger partial charge in [-0.2, -0.15) is 0 Å². The summed E-state index contributed by atoms with van der Waals surface area (Å²) >= 11 is 5.69. The maximum atomic E-state index is 13.8. The molecule has 2 rings (SSSR count). The summed E-state index contributed by atoms with van der Waals surface area (Å²) in [6, 6.07) is 4.51. The van der Waals surface area contributed by atoms with Gasteiger partial charge in [-0.15, -0.1) is 0 Å². The highest BCUT2D eigenvalue weighted by Crippen LogP contribution is 2.31. The first-order valence-corrected chi connectivity index (χ1v) is 5.97. The first-order chi connectivity index (χ1) is 9.17. The third-order valence-corrected chi connectivity index (χ3v) is 2.81. The molecule has 0 saturated heterocycles. The third kappa shape index (κ3) is 2.74. The number of anilines is 1. The van der Waals surface area contributed by atoms with Crippen LogP contribution < -0.4 is 16.0 Å². The van der Waals surface area contributed by atoms with E-state index in [1.165, 1.54) is 18.5 Å². The van der Waals surface area contributed by atoms with Crippen molar-refractivity contribution in [2.75, 3.05) is 5.43 Å². The van der Waals surface area contributed by atoms with Crippen molar-refractivity contribution in [3.8, 4) is 11.6 Å². The quantitative estimate of drug-likeness (QED) is 0.666. The van der Waals surface area contributed by atoms with Gasteiger partial charge in [0.15, 0.2) is 11.6 Å². The largest absolute Gasteiger partial charge is 0.435 e. The number of aromatic nitrogens is 2. The first kappa shape index (κ1) is 13.5. The van der Waals surface area contributed by atoms with Gasteiger partial charge >= 0.3 is 0 Å². The van der Waals surface area contributed by atoms with E-state index in [2.05, 4.69) is 15.4 Å². The van der Waals surface area contributed by atoms with Crippen LogP contribution in [-0.2, 0) is 6.42 Å². The van der Waals surface area contributed by atoms with Crippen LogP contribution in [0.1, 0.15) is 12.5 Å². The monoisotopic (exact) mass is 282 g/mol. The Morgan fingerprint density at radius 2 is 2.21 bits per heavy atom. The highest BCUT2D eigenvalue weighted by molar-refractivity contribution is 6.30. The molecule has 100 valence electrons. The fraction of sp³-hybridized carbons (Fsp3) is 0.167. The van der Waals surface area contributed by atoms with Gasteiger partial charge in [-0.25, -0.2) is 20.2 Å². The Bertz CT molecular complexity index is 594. The van der Waals surface area contributed by atoms with E-state index in [4.69, 9.17) is 22.2 Å². The minimum Gasteiger partial charge on any atom is -0.435 e. The molecule has 0 radical (unpaired) electrons. The number of rotatable bonds is 4. The van der Waals surface area contributed by atoms with E-state index < -0.39 is 5.82 Å². The summed E-state index contributed by atoms with van der Waals surface area (Å²) in [5.41, 5.74) is 3.10. The van der Waals surface area contributed by atoms with Gasteiger partial charge in [-0.05, 0) is 18.6 Å². The fourth-order valence-electron chi connectivity index (χ4n) is 1.59. The number of ether oxygens (including phenoxy) is 1. The Labute approximate surface area is 114 Å². The van der Waals surface area contributed by atoms with Gasteiger partial charge < -0.3 is 10.2 Å². The molecule has 2 aromatic rings. The van der Waals surface area contributed by atoms with Gasteiger partial charge in [0.25, 0.3) is 0 Å². The van der Waals surface area contributed by atoms with E-state index in [-0.39, 0.29) is 16.7 Å². The lowest BCUT2D eigenvalue weighted by Crippen LogP contribution is -2.12. The molecule has 0 aliphatic carbocycles. The second kappa shape index (κ2) is 5.81. The molecule has 0 saturated carbocycles. The maximum absolute atomic E-state index is 13.8. The SMILES string of the molecule is CCc1c(NN)ncnc1Oc1cccc(Cl)c1F. The minimum absolute atomic E-state index is 0.00358. The minimum atomic E-state index is -0.632. The molecule has 1 aromatic carbocycles. The molecule has 1 heterocycles. The molecule has 0 unspecified atom stereocenters. The predicted molar refractivity (Wildman–Crippen MR) is 70.7 cm³/mol. The van der Waals surface area contributed by atoms with Gasteiger partial charge in [0.2, 0.25) is 5.88 Å². The van der Waals surface area contributed by atoms with E-state index >= 15 is 0 Å². The molecule has 19 heavy (non-hydrogen) atoms. The molecule has 0 aliphatic rings. The van der Waals surface area contributed by atoms with E-state index in [1.807, 2.05) is 6.92 Å². The van der Waals surface area contributed by atoms with Crippen LogP contribution in [-0.4, -0.2) is 9.97 Å². The molecule has 0 aliphatic heterocycles. The zero-order valence-electron chi connectivity index (χ0n) is 10.2. The van der Waals surface area contributed by atoms with Crippen LogP contribution in [0.4, 0.5) is 10.2 Å². The van der Waals surface area contributed by atoms with Gasteiger partial charge in [0.05, 0.1) is 10.6 Å². The van der Waals surface area contributed by atoms with Gasteiger partial charge in [0, 0.05) is 0 Å². The summed E-state index contributed by atoms with van der Waals surface area (Å²) in [6.07, 6.45) is 1.87. The maximum Gasteiger partial charge on any atom is 0.227 e. The molecule has 5 nitrogen and oxygen atoms in total. The number of nitrogens with two attached hydrogens (primary N) is 1. The molecule has 3 N–H and O–H groups in total. The van der Waals surface area contributed by atoms with Crippen molar-refractivity contribution >= 4 is 17.4 Å². The van der Waals surface area contributed by atoms with Crippen molar-refractivity contribution in [1.82, 2.24) is 9.97 Å². The van der Waals surface area contributed by atoms with Crippen LogP contribution in [0.25, 0.3) is 0 Å². The number of hydrogen-bond donors (Lipinski definition) is 2. The Kier molecular flexibility index (Phi) is 4.13.